The summed E-state index contributed by atoms with van der Waals surface area (Å²) in [5.41, 5.74) is 9.75. The highest BCUT2D eigenvalue weighted by Gasteiger charge is 2.09. The Labute approximate surface area is 149 Å². The quantitative estimate of drug-likeness (QED) is 0.686. The summed E-state index contributed by atoms with van der Waals surface area (Å²) in [6, 6.07) is 15.9. The van der Waals surface area contributed by atoms with Crippen LogP contribution in [0.4, 0.5) is 5.82 Å². The van der Waals surface area contributed by atoms with E-state index < -0.39 is 0 Å². The molecule has 0 radical (unpaired) electrons. The van der Waals surface area contributed by atoms with Gasteiger partial charge in [-0.2, -0.15) is 17.7 Å². The van der Waals surface area contributed by atoms with Gasteiger partial charge in [-0.15, -0.1) is 0 Å². The second kappa shape index (κ2) is 9.13. The fraction of sp³-hybridized carbons (Fsp3) is 0.263. The number of nitrogens with zero attached hydrogens (tertiary/aromatic N) is 3. The van der Waals surface area contributed by atoms with Crippen molar-refractivity contribution in [2.75, 3.05) is 11.5 Å². The SMILES string of the molecule is CCCCS.Cc1ccc(-n2nc(N)cc2-c2ccccc2)cn1. The highest BCUT2D eigenvalue weighted by Crippen LogP contribution is 2.24. The van der Waals surface area contributed by atoms with Gasteiger partial charge < -0.3 is 5.73 Å². The number of rotatable bonds is 4. The highest BCUT2D eigenvalue weighted by molar-refractivity contribution is 7.80. The summed E-state index contributed by atoms with van der Waals surface area (Å²) in [7, 11) is 0. The van der Waals surface area contributed by atoms with Crippen LogP contribution in [0.5, 0.6) is 0 Å². The van der Waals surface area contributed by atoms with Crippen molar-refractivity contribution in [3.05, 3.63) is 60.4 Å². The zero-order valence-electron chi connectivity index (χ0n) is 14.2. The number of benzene rings is 1. The Morgan fingerprint density at radius 3 is 2.42 bits per heavy atom. The smallest absolute Gasteiger partial charge is 0.146 e. The van der Waals surface area contributed by atoms with Gasteiger partial charge in [-0.3, -0.25) is 4.98 Å². The second-order valence-electron chi connectivity index (χ2n) is 5.47. The van der Waals surface area contributed by atoms with Crippen LogP contribution in [0.1, 0.15) is 25.5 Å². The van der Waals surface area contributed by atoms with Crippen molar-refractivity contribution in [3.8, 4) is 16.9 Å². The standard InChI is InChI=1S/C15H14N4.C4H10S/c1-11-7-8-13(10-17-11)19-14(9-15(16)18-19)12-5-3-2-4-6-12;1-2-3-4-5/h2-10H,1H3,(H2,16,18);5H,2-4H2,1H3. The molecule has 3 aromatic rings. The van der Waals surface area contributed by atoms with Crippen molar-refractivity contribution in [1.82, 2.24) is 14.8 Å². The van der Waals surface area contributed by atoms with Gasteiger partial charge >= 0.3 is 0 Å². The van der Waals surface area contributed by atoms with Crippen LogP contribution < -0.4 is 5.73 Å². The first-order chi connectivity index (χ1) is 11.7. The molecule has 0 atom stereocenters. The Kier molecular flexibility index (Phi) is 6.88. The molecule has 0 aliphatic carbocycles. The molecule has 0 saturated heterocycles. The van der Waals surface area contributed by atoms with E-state index in [1.807, 2.05) is 60.1 Å². The maximum absolute atomic E-state index is 5.83. The van der Waals surface area contributed by atoms with Crippen LogP contribution in [0.3, 0.4) is 0 Å². The van der Waals surface area contributed by atoms with Crippen molar-refractivity contribution in [3.63, 3.8) is 0 Å². The maximum Gasteiger partial charge on any atom is 0.146 e. The molecule has 0 aliphatic heterocycles. The lowest BCUT2D eigenvalue weighted by atomic mass is 10.1. The summed E-state index contributed by atoms with van der Waals surface area (Å²) < 4.78 is 1.82. The van der Waals surface area contributed by atoms with E-state index in [9.17, 15) is 0 Å². The molecule has 4 nitrogen and oxygen atoms in total. The first kappa shape index (κ1) is 18.1. The van der Waals surface area contributed by atoms with Crippen molar-refractivity contribution in [2.24, 2.45) is 0 Å². The molecule has 3 rings (SSSR count). The second-order valence-corrected chi connectivity index (χ2v) is 5.91. The Bertz CT molecular complexity index is 734. The number of nitrogens with two attached hydrogens (primary N) is 1. The van der Waals surface area contributed by atoms with E-state index in [4.69, 9.17) is 5.73 Å². The van der Waals surface area contributed by atoms with Crippen LogP contribution in [0.25, 0.3) is 16.9 Å². The molecule has 0 aliphatic rings. The van der Waals surface area contributed by atoms with Gasteiger partial charge in [-0.25, -0.2) is 4.68 Å². The number of aromatic nitrogens is 3. The molecule has 0 spiro atoms. The van der Waals surface area contributed by atoms with E-state index in [2.05, 4.69) is 29.6 Å². The molecule has 2 N–H and O–H groups in total. The molecule has 126 valence electrons. The molecular formula is C19H24N4S. The first-order valence-corrected chi connectivity index (χ1v) is 8.73. The van der Waals surface area contributed by atoms with E-state index in [1.54, 1.807) is 6.20 Å². The maximum atomic E-state index is 5.83. The van der Waals surface area contributed by atoms with Gasteiger partial charge in [0.15, 0.2) is 0 Å². The highest BCUT2D eigenvalue weighted by atomic mass is 32.1. The minimum absolute atomic E-state index is 0.499. The normalized spacial score (nSPS) is 10.1. The van der Waals surface area contributed by atoms with Crippen LogP contribution in [0.2, 0.25) is 0 Å². The lowest BCUT2D eigenvalue weighted by Gasteiger charge is -2.07. The third-order valence-corrected chi connectivity index (χ3v) is 3.77. The van der Waals surface area contributed by atoms with E-state index in [0.717, 1.165) is 28.4 Å². The summed E-state index contributed by atoms with van der Waals surface area (Å²) in [6.07, 6.45) is 4.32. The molecule has 0 fully saturated rings. The monoisotopic (exact) mass is 340 g/mol. The number of anilines is 1. The van der Waals surface area contributed by atoms with Gasteiger partial charge in [-0.1, -0.05) is 43.7 Å². The molecule has 0 unspecified atom stereocenters. The third kappa shape index (κ3) is 4.86. The minimum atomic E-state index is 0.499. The average molecular weight is 340 g/mol. The molecule has 1 aromatic carbocycles. The summed E-state index contributed by atoms with van der Waals surface area (Å²) in [4.78, 5) is 4.30. The fourth-order valence-corrected chi connectivity index (χ4v) is 2.47. The molecular weight excluding hydrogens is 316 g/mol. The number of pyridine rings is 1. The van der Waals surface area contributed by atoms with E-state index in [-0.39, 0.29) is 0 Å². The van der Waals surface area contributed by atoms with Gasteiger partial charge in [-0.05, 0) is 31.2 Å². The van der Waals surface area contributed by atoms with Crippen molar-refractivity contribution in [2.45, 2.75) is 26.7 Å². The van der Waals surface area contributed by atoms with Crippen LogP contribution in [-0.4, -0.2) is 20.5 Å². The molecule has 2 heterocycles. The van der Waals surface area contributed by atoms with Crippen molar-refractivity contribution >= 4 is 18.4 Å². The van der Waals surface area contributed by atoms with Crippen LogP contribution >= 0.6 is 12.6 Å². The number of thiol groups is 1. The number of nitrogen functional groups attached to an aromatic ring is 1. The predicted octanol–water partition coefficient (Wildman–Crippen LogP) is 4.54. The summed E-state index contributed by atoms with van der Waals surface area (Å²) in [5, 5.41) is 4.34. The molecule has 0 saturated carbocycles. The zero-order chi connectivity index (χ0) is 17.4. The number of hydrogen-bond donors (Lipinski definition) is 2. The molecule has 24 heavy (non-hydrogen) atoms. The van der Waals surface area contributed by atoms with Gasteiger partial charge in [0, 0.05) is 17.3 Å². The van der Waals surface area contributed by atoms with E-state index in [1.165, 1.54) is 12.8 Å². The van der Waals surface area contributed by atoms with Crippen LogP contribution in [0, 0.1) is 6.92 Å². The molecule has 0 amide bonds. The van der Waals surface area contributed by atoms with Crippen LogP contribution in [-0.2, 0) is 0 Å². The van der Waals surface area contributed by atoms with Gasteiger partial charge in [0.05, 0.1) is 17.6 Å². The van der Waals surface area contributed by atoms with Crippen LogP contribution in [0.15, 0.2) is 54.7 Å². The summed E-state index contributed by atoms with van der Waals surface area (Å²) >= 11 is 4.00. The summed E-state index contributed by atoms with van der Waals surface area (Å²) in [6.45, 7) is 4.12. The Hall–Kier alpha value is -2.27. The van der Waals surface area contributed by atoms with Crippen molar-refractivity contribution in [1.29, 1.82) is 0 Å². The Morgan fingerprint density at radius 1 is 1.12 bits per heavy atom. The lowest BCUT2D eigenvalue weighted by molar-refractivity contribution is 0.884. The van der Waals surface area contributed by atoms with E-state index >= 15 is 0 Å². The summed E-state index contributed by atoms with van der Waals surface area (Å²) in [5.74, 6) is 1.54. The van der Waals surface area contributed by atoms with Gasteiger partial charge in [0.25, 0.3) is 0 Å². The van der Waals surface area contributed by atoms with Gasteiger partial charge in [0.2, 0.25) is 0 Å². The molecule has 0 bridgehead atoms. The Morgan fingerprint density at radius 2 is 1.88 bits per heavy atom. The van der Waals surface area contributed by atoms with Gasteiger partial charge in [0.1, 0.15) is 5.82 Å². The third-order valence-electron chi connectivity index (χ3n) is 3.45. The largest absolute Gasteiger partial charge is 0.382 e. The minimum Gasteiger partial charge on any atom is -0.382 e. The molecule has 2 aromatic heterocycles. The van der Waals surface area contributed by atoms with E-state index in [0.29, 0.717) is 5.82 Å². The van der Waals surface area contributed by atoms with Crippen molar-refractivity contribution < 1.29 is 0 Å². The topological polar surface area (TPSA) is 56.7 Å². The lowest BCUT2D eigenvalue weighted by Crippen LogP contribution is -2.00. The fourth-order valence-electron chi connectivity index (χ4n) is 2.15. The predicted molar refractivity (Wildman–Crippen MR) is 105 cm³/mol. The molecule has 5 heteroatoms. The first-order valence-electron chi connectivity index (χ1n) is 8.10. The number of hydrogen-bond acceptors (Lipinski definition) is 4. The number of unbranched alkanes of at least 4 members (excludes halogenated alkanes) is 1. The Balaban J connectivity index is 0.000000368. The average Bonchev–Trinajstić information content (AvgIpc) is 2.99. The number of aryl methyl sites for hydroxylation is 1. The zero-order valence-corrected chi connectivity index (χ0v) is 15.1.